The molecule has 4 aromatic rings. The van der Waals surface area contributed by atoms with E-state index in [-0.39, 0.29) is 39.3 Å². The van der Waals surface area contributed by atoms with Gasteiger partial charge in [-0.15, -0.1) is 4.33 Å². The summed E-state index contributed by atoms with van der Waals surface area (Å²) in [7, 11) is -4.68. The van der Waals surface area contributed by atoms with Gasteiger partial charge in [0.2, 0.25) is 11.6 Å². The van der Waals surface area contributed by atoms with E-state index in [9.17, 15) is 32.1 Å². The summed E-state index contributed by atoms with van der Waals surface area (Å²) in [5.74, 6) is -3.02. The molecule has 0 saturated carbocycles. The number of rotatable bonds is 6. The molecule has 2 amide bonds. The minimum Gasteiger partial charge on any atom is -0.287 e. The highest BCUT2D eigenvalue weighted by molar-refractivity contribution is 7.94. The molecule has 12 nitrogen and oxygen atoms in total. The Morgan fingerprint density at radius 3 is 1.70 bits per heavy atom. The topological polar surface area (TPSA) is 168 Å². The van der Waals surface area contributed by atoms with Crippen LogP contribution in [0.1, 0.15) is 41.4 Å². The van der Waals surface area contributed by atoms with Gasteiger partial charge in [-0.1, -0.05) is 41.4 Å². The van der Waals surface area contributed by atoms with Crippen LogP contribution in [0.15, 0.2) is 118 Å². The summed E-state index contributed by atoms with van der Waals surface area (Å²) < 4.78 is 37.6. The smallest absolute Gasteiger partial charge is 0.287 e. The van der Waals surface area contributed by atoms with Gasteiger partial charge >= 0.3 is 0 Å². The molecule has 14 heteroatoms. The maximum atomic E-state index is 14.1. The molecule has 2 aliphatic rings. The first-order valence-electron chi connectivity index (χ1n) is 12.6. The zero-order chi connectivity index (χ0) is 31.2. The Bertz CT molecular complexity index is 2040. The quantitative estimate of drug-likeness (QED) is 0.0971. The number of amides is 2. The molecular weight excluding hydrogens is 612 g/mol. The van der Waals surface area contributed by atoms with Crippen molar-refractivity contribution in [3.63, 3.8) is 0 Å². The molecule has 0 unspecified atom stereocenters. The van der Waals surface area contributed by atoms with Crippen LogP contribution in [-0.4, -0.2) is 41.6 Å². The molecule has 6 rings (SSSR count). The van der Waals surface area contributed by atoms with Crippen LogP contribution >= 0.6 is 12.0 Å². The van der Waals surface area contributed by atoms with Crippen molar-refractivity contribution in [2.24, 2.45) is 0 Å². The zero-order valence-corrected chi connectivity index (χ0v) is 23.7. The number of ketones is 2. The molecule has 2 N–H and O–H groups in total. The fraction of sp³-hybridized carbons (Fsp3) is 0. The van der Waals surface area contributed by atoms with E-state index >= 15 is 0 Å². The van der Waals surface area contributed by atoms with Crippen LogP contribution in [0.2, 0.25) is 0 Å². The van der Waals surface area contributed by atoms with E-state index in [4.69, 9.17) is 5.26 Å². The Kier molecular flexibility index (Phi) is 7.46. The van der Waals surface area contributed by atoms with Crippen LogP contribution in [0.4, 0.5) is 11.4 Å². The Morgan fingerprint density at radius 2 is 1.18 bits per heavy atom. The molecule has 220 valence electrons. The first-order chi connectivity index (χ1) is 21.1. The van der Waals surface area contributed by atoms with Crippen molar-refractivity contribution >= 4 is 56.9 Å². The number of hydrogen-bond acceptors (Lipinski definition) is 10. The summed E-state index contributed by atoms with van der Waals surface area (Å²) >= 11 is 0.614. The van der Waals surface area contributed by atoms with E-state index in [0.29, 0.717) is 16.9 Å². The molecule has 2 aliphatic heterocycles. The molecule has 0 atom stereocenters. The predicted molar refractivity (Wildman–Crippen MR) is 156 cm³/mol. The Hall–Kier alpha value is -4.96. The second kappa shape index (κ2) is 11.3. The van der Waals surface area contributed by atoms with Gasteiger partial charge < -0.3 is 0 Å². The number of nitrogens with zero attached hydrogens (tertiary/aromatic N) is 2. The molecule has 0 aliphatic carbocycles. The zero-order valence-electron chi connectivity index (χ0n) is 22.1. The highest BCUT2D eigenvalue weighted by Gasteiger charge is 2.47. The van der Waals surface area contributed by atoms with Crippen molar-refractivity contribution in [1.82, 2.24) is 0 Å². The lowest BCUT2D eigenvalue weighted by molar-refractivity contribution is -0.432. The summed E-state index contributed by atoms with van der Waals surface area (Å²) in [6, 6.07) is 22.8. The summed E-state index contributed by atoms with van der Waals surface area (Å²) in [5.41, 5.74) is -0.476. The molecule has 0 radical (unpaired) electrons. The van der Waals surface area contributed by atoms with Gasteiger partial charge in [0.05, 0.1) is 28.3 Å². The van der Waals surface area contributed by atoms with Crippen LogP contribution < -0.4 is 9.80 Å². The highest BCUT2D eigenvalue weighted by atomic mass is 32.2. The van der Waals surface area contributed by atoms with Crippen LogP contribution in [-0.2, 0) is 19.5 Å². The van der Waals surface area contributed by atoms with Crippen molar-refractivity contribution in [2.75, 3.05) is 9.80 Å². The SMILES string of the molecule is O=C1/C(=C2/C(=O)c3ccccc3N2C(=O)c2cccc(S(=O)(=O)O)c2)N(C(=O)c2cccc(SOOO)c2)c2ccccc21. The number of para-hydroxylation sites is 2. The fourth-order valence-electron chi connectivity index (χ4n) is 5.05. The first-order valence-corrected chi connectivity index (χ1v) is 14.8. The predicted octanol–water partition coefficient (Wildman–Crippen LogP) is 4.96. The number of benzene rings is 4. The molecule has 2 heterocycles. The maximum Gasteiger partial charge on any atom is 0.294 e. The monoisotopic (exact) mass is 630 g/mol. The number of hydrogen-bond donors (Lipinski definition) is 2. The summed E-state index contributed by atoms with van der Waals surface area (Å²) in [4.78, 5) is 58.0. The van der Waals surface area contributed by atoms with Gasteiger partial charge in [0, 0.05) is 27.1 Å². The van der Waals surface area contributed by atoms with Crippen molar-refractivity contribution in [3.8, 4) is 0 Å². The minimum atomic E-state index is -4.68. The first kappa shape index (κ1) is 29.1. The molecule has 0 spiro atoms. The standard InChI is InChI=1S/C30H18N2O10S2/c33-27-21-11-1-3-13-23(21)31(29(35)17-7-5-9-19(15-17)43-42-41-37)25(27)26-28(34)22-12-2-4-14-24(22)32(26)30(36)18-8-6-10-20(16-18)44(38,39)40/h1-16,37H,(H,38,39,40)/b26-25+. The molecule has 44 heavy (non-hydrogen) atoms. The van der Waals surface area contributed by atoms with E-state index in [1.165, 1.54) is 54.6 Å². The Labute approximate surface area is 253 Å². The third-order valence-electron chi connectivity index (χ3n) is 6.91. The fourth-order valence-corrected chi connectivity index (χ4v) is 6.00. The lowest BCUT2D eigenvalue weighted by Crippen LogP contribution is -2.36. The number of carbonyl (C=O) groups is 4. The third-order valence-corrected chi connectivity index (χ3v) is 8.33. The number of Topliss-reactive ketones (excluding diaryl/α,β-unsaturated/α-hetero) is 2. The third kappa shape index (κ3) is 4.90. The lowest BCUT2D eigenvalue weighted by atomic mass is 10.1. The lowest BCUT2D eigenvalue weighted by Gasteiger charge is -2.24. The molecule has 0 aromatic heterocycles. The van der Waals surface area contributed by atoms with Gasteiger partial charge in [0.15, 0.2) is 0 Å². The van der Waals surface area contributed by atoms with Gasteiger partial charge in [-0.05, 0) is 60.7 Å². The second-order valence-electron chi connectivity index (χ2n) is 9.43. The van der Waals surface area contributed by atoms with Crippen molar-refractivity contribution in [1.29, 1.82) is 0 Å². The average molecular weight is 631 g/mol. The van der Waals surface area contributed by atoms with Crippen LogP contribution in [0.5, 0.6) is 0 Å². The summed E-state index contributed by atoms with van der Waals surface area (Å²) in [6.07, 6.45) is 0. The molecule has 4 aromatic carbocycles. The van der Waals surface area contributed by atoms with E-state index in [0.717, 1.165) is 21.9 Å². The molecule has 0 fully saturated rings. The summed E-state index contributed by atoms with van der Waals surface area (Å²) in [5, 5.41) is 12.1. The van der Waals surface area contributed by atoms with E-state index < -0.39 is 44.1 Å². The Balaban J connectivity index is 1.57. The number of fused-ring (bicyclic) bond motifs is 2. The number of allylic oxidation sites excluding steroid dienone is 2. The number of carbonyl (C=O) groups excluding carboxylic acids is 4. The van der Waals surface area contributed by atoms with Crippen LogP contribution in [0, 0.1) is 0 Å². The van der Waals surface area contributed by atoms with Gasteiger partial charge in [-0.3, -0.25) is 33.5 Å². The van der Waals surface area contributed by atoms with Crippen LogP contribution in [0.3, 0.4) is 0 Å². The highest BCUT2D eigenvalue weighted by Crippen LogP contribution is 2.44. The molecule has 0 saturated heterocycles. The van der Waals surface area contributed by atoms with Crippen molar-refractivity contribution in [2.45, 2.75) is 9.79 Å². The van der Waals surface area contributed by atoms with Crippen molar-refractivity contribution in [3.05, 3.63) is 131 Å². The largest absolute Gasteiger partial charge is 0.294 e. The van der Waals surface area contributed by atoms with E-state index in [1.54, 1.807) is 30.3 Å². The van der Waals surface area contributed by atoms with E-state index in [1.807, 2.05) is 0 Å². The van der Waals surface area contributed by atoms with E-state index in [2.05, 4.69) is 9.37 Å². The maximum absolute atomic E-state index is 14.1. The normalized spacial score (nSPS) is 15.9. The Morgan fingerprint density at radius 1 is 0.682 bits per heavy atom. The van der Waals surface area contributed by atoms with Gasteiger partial charge in [-0.25, -0.2) is 5.26 Å². The van der Waals surface area contributed by atoms with Gasteiger partial charge in [0.25, 0.3) is 21.9 Å². The van der Waals surface area contributed by atoms with Gasteiger partial charge in [0.1, 0.15) is 11.4 Å². The second-order valence-corrected chi connectivity index (χ2v) is 11.6. The number of anilines is 2. The molecule has 0 bridgehead atoms. The van der Waals surface area contributed by atoms with Gasteiger partial charge in [-0.2, -0.15) is 8.42 Å². The van der Waals surface area contributed by atoms with Crippen LogP contribution in [0.25, 0.3) is 0 Å². The molecular formula is C30H18N2O10S2. The minimum absolute atomic E-state index is 0.0702. The summed E-state index contributed by atoms with van der Waals surface area (Å²) in [6.45, 7) is 0. The van der Waals surface area contributed by atoms with Crippen molar-refractivity contribution < 1.29 is 46.8 Å². The average Bonchev–Trinajstić information content (AvgIpc) is 3.49.